The summed E-state index contributed by atoms with van der Waals surface area (Å²) < 4.78 is 15.4. The maximum atomic E-state index is 12.7. The molecule has 34 heavy (non-hydrogen) atoms. The second kappa shape index (κ2) is 11.4. The number of ether oxygens (including phenoxy) is 3. The van der Waals surface area contributed by atoms with Gasteiger partial charge in [-0.15, -0.1) is 0 Å². The molecule has 9 nitrogen and oxygen atoms in total. The zero-order valence-corrected chi connectivity index (χ0v) is 19.8. The number of amides is 3. The van der Waals surface area contributed by atoms with Crippen molar-refractivity contribution in [3.8, 4) is 11.5 Å². The van der Waals surface area contributed by atoms with Crippen molar-refractivity contribution in [1.29, 1.82) is 0 Å². The number of hydrogen-bond donors (Lipinski definition) is 1. The number of imide groups is 1. The summed E-state index contributed by atoms with van der Waals surface area (Å²) in [6.07, 6.45) is 1.53. The Labute approximate surface area is 201 Å². The predicted octanol–water partition coefficient (Wildman–Crippen LogP) is 3.95. The molecule has 2 aromatic carbocycles. The third-order valence-electron chi connectivity index (χ3n) is 4.82. The first-order valence-electron chi connectivity index (χ1n) is 10.4. The van der Waals surface area contributed by atoms with Crippen LogP contribution in [0.1, 0.15) is 29.3 Å². The van der Waals surface area contributed by atoms with Gasteiger partial charge in [0.25, 0.3) is 11.1 Å². The van der Waals surface area contributed by atoms with E-state index in [1.54, 1.807) is 55.5 Å². The zero-order valence-electron chi connectivity index (χ0n) is 19.0. The number of rotatable bonds is 9. The molecule has 0 radical (unpaired) electrons. The average Bonchev–Trinajstić information content (AvgIpc) is 3.10. The monoisotopic (exact) mass is 484 g/mol. The van der Waals surface area contributed by atoms with E-state index in [1.807, 2.05) is 0 Å². The van der Waals surface area contributed by atoms with E-state index in [1.165, 1.54) is 14.2 Å². The number of hydrogen-bond acceptors (Lipinski definition) is 8. The van der Waals surface area contributed by atoms with Gasteiger partial charge in [-0.3, -0.25) is 19.3 Å². The minimum Gasteiger partial charge on any atom is -0.493 e. The van der Waals surface area contributed by atoms with Crippen LogP contribution < -0.4 is 14.8 Å². The largest absolute Gasteiger partial charge is 0.493 e. The molecule has 3 rings (SSSR count). The van der Waals surface area contributed by atoms with Crippen molar-refractivity contribution >= 4 is 46.5 Å². The Bertz CT molecular complexity index is 1130. The molecule has 0 bridgehead atoms. The summed E-state index contributed by atoms with van der Waals surface area (Å²) >= 11 is 0.815. The smallest absolute Gasteiger partial charge is 0.338 e. The van der Waals surface area contributed by atoms with Crippen LogP contribution in [0.4, 0.5) is 10.5 Å². The summed E-state index contributed by atoms with van der Waals surface area (Å²) in [5.74, 6) is -0.221. The van der Waals surface area contributed by atoms with Crippen LogP contribution >= 0.6 is 11.8 Å². The minimum absolute atomic E-state index is 0.0549. The second-order valence-electron chi connectivity index (χ2n) is 7.04. The highest BCUT2D eigenvalue weighted by atomic mass is 32.2. The highest BCUT2D eigenvalue weighted by Crippen LogP contribution is 2.34. The summed E-state index contributed by atoms with van der Waals surface area (Å²) in [5, 5.41) is 2.24. The van der Waals surface area contributed by atoms with Crippen LogP contribution in [0.2, 0.25) is 0 Å². The third kappa shape index (κ3) is 5.96. The van der Waals surface area contributed by atoms with E-state index < -0.39 is 17.1 Å². The molecule has 3 amide bonds. The first-order valence-corrected chi connectivity index (χ1v) is 11.2. The fourth-order valence-electron chi connectivity index (χ4n) is 3.13. The van der Waals surface area contributed by atoms with Gasteiger partial charge in [-0.25, -0.2) is 4.79 Å². The number of carbonyl (C=O) groups excluding carboxylic acids is 4. The van der Waals surface area contributed by atoms with Crippen molar-refractivity contribution in [3.63, 3.8) is 0 Å². The average molecular weight is 485 g/mol. The number of nitrogens with one attached hydrogen (secondary N) is 1. The summed E-state index contributed by atoms with van der Waals surface area (Å²) in [6.45, 7) is 1.94. The molecule has 2 aromatic rings. The molecule has 0 aromatic heterocycles. The van der Waals surface area contributed by atoms with Crippen molar-refractivity contribution in [2.24, 2.45) is 0 Å². The van der Waals surface area contributed by atoms with Crippen molar-refractivity contribution in [2.45, 2.75) is 13.3 Å². The Balaban J connectivity index is 1.58. The fourth-order valence-corrected chi connectivity index (χ4v) is 3.99. The molecular weight excluding hydrogens is 460 g/mol. The van der Waals surface area contributed by atoms with E-state index in [4.69, 9.17) is 14.2 Å². The number of benzene rings is 2. The number of esters is 1. The van der Waals surface area contributed by atoms with Gasteiger partial charge in [0, 0.05) is 18.7 Å². The summed E-state index contributed by atoms with van der Waals surface area (Å²) in [5.41, 5.74) is 1.53. The molecule has 1 N–H and O–H groups in total. The van der Waals surface area contributed by atoms with Gasteiger partial charge >= 0.3 is 5.97 Å². The van der Waals surface area contributed by atoms with Gasteiger partial charge in [-0.1, -0.05) is 6.07 Å². The van der Waals surface area contributed by atoms with Crippen LogP contribution in [0.15, 0.2) is 47.4 Å². The third-order valence-corrected chi connectivity index (χ3v) is 5.73. The molecular formula is C24H24N2O7S. The zero-order chi connectivity index (χ0) is 24.7. The predicted molar refractivity (Wildman–Crippen MR) is 128 cm³/mol. The van der Waals surface area contributed by atoms with Crippen LogP contribution in [0.5, 0.6) is 11.5 Å². The van der Waals surface area contributed by atoms with Gasteiger partial charge in [0.05, 0.1) is 31.3 Å². The molecule has 10 heteroatoms. The lowest BCUT2D eigenvalue weighted by Gasteiger charge is -2.12. The van der Waals surface area contributed by atoms with E-state index in [0.717, 1.165) is 16.7 Å². The molecule has 1 aliphatic rings. The van der Waals surface area contributed by atoms with Crippen LogP contribution in [-0.2, 0) is 14.3 Å². The number of methoxy groups -OCH3 is 2. The fraction of sp³-hybridized carbons (Fsp3) is 0.250. The van der Waals surface area contributed by atoms with E-state index in [-0.39, 0.29) is 30.4 Å². The molecule has 1 saturated heterocycles. The van der Waals surface area contributed by atoms with E-state index in [0.29, 0.717) is 28.3 Å². The highest BCUT2D eigenvalue weighted by molar-refractivity contribution is 8.18. The molecule has 0 saturated carbocycles. The maximum Gasteiger partial charge on any atom is 0.338 e. The van der Waals surface area contributed by atoms with Crippen molar-refractivity contribution < 1.29 is 33.4 Å². The van der Waals surface area contributed by atoms with Gasteiger partial charge in [0.2, 0.25) is 5.91 Å². The summed E-state index contributed by atoms with van der Waals surface area (Å²) in [4.78, 5) is 50.4. The summed E-state index contributed by atoms with van der Waals surface area (Å²) in [6, 6.07) is 11.4. The lowest BCUT2D eigenvalue weighted by molar-refractivity contribution is -0.123. The topological polar surface area (TPSA) is 111 Å². The number of thioether (sulfide) groups is 1. The quantitative estimate of drug-likeness (QED) is 0.421. The molecule has 0 atom stereocenters. The molecule has 0 unspecified atom stereocenters. The lowest BCUT2D eigenvalue weighted by Crippen LogP contribution is -2.31. The normalized spacial score (nSPS) is 14.3. The Kier molecular flexibility index (Phi) is 8.31. The molecule has 0 aliphatic carbocycles. The van der Waals surface area contributed by atoms with Gasteiger partial charge in [0.1, 0.15) is 0 Å². The van der Waals surface area contributed by atoms with Crippen molar-refractivity contribution in [1.82, 2.24) is 4.90 Å². The second-order valence-corrected chi connectivity index (χ2v) is 8.04. The van der Waals surface area contributed by atoms with Gasteiger partial charge in [0.15, 0.2) is 11.5 Å². The first-order chi connectivity index (χ1) is 16.4. The van der Waals surface area contributed by atoms with Crippen LogP contribution in [-0.4, -0.2) is 55.3 Å². The van der Waals surface area contributed by atoms with E-state index in [2.05, 4.69) is 5.32 Å². The molecule has 1 fully saturated rings. The van der Waals surface area contributed by atoms with Crippen molar-refractivity contribution in [3.05, 3.63) is 58.5 Å². The molecule has 1 aliphatic heterocycles. The Morgan fingerprint density at radius 1 is 1.03 bits per heavy atom. The van der Waals surface area contributed by atoms with E-state index in [9.17, 15) is 19.2 Å². The SMILES string of the molecule is CCOC(=O)c1ccc(NC(=O)CCN2C(=O)SC(=Cc3ccc(OC)c(OC)c3)C2=O)cc1. The van der Waals surface area contributed by atoms with Gasteiger partial charge in [-0.05, 0) is 66.7 Å². The standard InChI is InChI=1S/C24H24N2O7S/c1-4-33-23(29)16-6-8-17(9-7-16)25-21(27)11-12-26-22(28)20(34-24(26)30)14-15-5-10-18(31-2)19(13-15)32-3/h5-10,13-14H,4,11-12H2,1-3H3,(H,25,27). The number of carbonyl (C=O) groups is 4. The molecule has 1 heterocycles. The Morgan fingerprint density at radius 3 is 2.38 bits per heavy atom. The Hall–Kier alpha value is -3.79. The molecule has 0 spiro atoms. The lowest BCUT2D eigenvalue weighted by atomic mass is 10.2. The van der Waals surface area contributed by atoms with E-state index >= 15 is 0 Å². The van der Waals surface area contributed by atoms with Crippen LogP contribution in [0, 0.1) is 0 Å². The summed E-state index contributed by atoms with van der Waals surface area (Å²) in [7, 11) is 3.03. The minimum atomic E-state index is -0.462. The van der Waals surface area contributed by atoms with Gasteiger partial charge in [-0.2, -0.15) is 0 Å². The number of anilines is 1. The number of nitrogens with zero attached hydrogens (tertiary/aromatic N) is 1. The first kappa shape index (κ1) is 24.8. The molecule has 178 valence electrons. The maximum absolute atomic E-state index is 12.7. The van der Waals surface area contributed by atoms with Crippen molar-refractivity contribution in [2.75, 3.05) is 32.7 Å². The Morgan fingerprint density at radius 2 is 1.74 bits per heavy atom. The highest BCUT2D eigenvalue weighted by Gasteiger charge is 2.35. The van der Waals surface area contributed by atoms with Crippen LogP contribution in [0.25, 0.3) is 6.08 Å². The van der Waals surface area contributed by atoms with Gasteiger partial charge < -0.3 is 19.5 Å². The van der Waals surface area contributed by atoms with Crippen LogP contribution in [0.3, 0.4) is 0 Å².